The molecule has 27 heavy (non-hydrogen) atoms. The second-order valence-electron chi connectivity index (χ2n) is 6.74. The first-order valence-electron chi connectivity index (χ1n) is 8.88. The number of benzene rings is 1. The summed E-state index contributed by atoms with van der Waals surface area (Å²) in [4.78, 5) is 50.0. The number of nitrogens with zero attached hydrogens (tertiary/aromatic N) is 1. The highest BCUT2D eigenvalue weighted by Gasteiger charge is 2.47. The number of amides is 2. The zero-order chi connectivity index (χ0) is 19.6. The third-order valence-corrected chi connectivity index (χ3v) is 4.94. The average molecular weight is 373 g/mol. The Bertz CT molecular complexity index is 775. The third-order valence-electron chi connectivity index (χ3n) is 4.94. The van der Waals surface area contributed by atoms with Crippen LogP contribution in [0.15, 0.2) is 36.4 Å². The molecule has 0 aromatic heterocycles. The zero-order valence-corrected chi connectivity index (χ0v) is 14.9. The molecule has 0 saturated carbocycles. The molecule has 142 valence electrons. The van der Waals surface area contributed by atoms with E-state index >= 15 is 0 Å². The molecule has 3 atom stereocenters. The number of hydrogen-bond acceptors (Lipinski definition) is 5. The highest BCUT2D eigenvalue weighted by molar-refractivity contribution is 6.05. The number of ether oxygens (including phenoxy) is 1. The molecular formula is C20H20FNO5. The van der Waals surface area contributed by atoms with Crippen LogP contribution in [0.2, 0.25) is 0 Å². The van der Waals surface area contributed by atoms with E-state index in [9.17, 15) is 23.6 Å². The Balaban J connectivity index is 1.52. The van der Waals surface area contributed by atoms with Crippen LogP contribution in [0.5, 0.6) is 0 Å². The number of fused-ring (bicyclic) bond motifs is 1. The van der Waals surface area contributed by atoms with Crippen LogP contribution < -0.4 is 0 Å². The van der Waals surface area contributed by atoms with Crippen molar-refractivity contribution in [3.05, 3.63) is 47.8 Å². The number of carbonyl (C=O) groups excluding carboxylic acids is 4. The highest BCUT2D eigenvalue weighted by atomic mass is 19.1. The molecule has 1 heterocycles. The summed E-state index contributed by atoms with van der Waals surface area (Å²) in [6.45, 7) is 1.37. The first kappa shape index (κ1) is 18.9. The van der Waals surface area contributed by atoms with Gasteiger partial charge in [-0.15, -0.1) is 0 Å². The molecule has 1 fully saturated rings. The number of Topliss-reactive ketones (excluding diaryl/α,β-unsaturated/α-hetero) is 1. The summed E-state index contributed by atoms with van der Waals surface area (Å²) >= 11 is 0. The molecule has 2 aliphatic rings. The lowest BCUT2D eigenvalue weighted by Gasteiger charge is -2.16. The summed E-state index contributed by atoms with van der Waals surface area (Å²) in [7, 11) is 0. The number of likely N-dealkylation sites (tertiary alicyclic amines) is 1. The van der Waals surface area contributed by atoms with E-state index in [-0.39, 0.29) is 42.2 Å². The largest absolute Gasteiger partial charge is 0.454 e. The molecular weight excluding hydrogens is 353 g/mol. The van der Waals surface area contributed by atoms with E-state index in [4.69, 9.17) is 4.74 Å². The Morgan fingerprint density at radius 3 is 2.22 bits per heavy atom. The molecule has 1 aliphatic heterocycles. The Labute approximate surface area is 156 Å². The fraction of sp³-hybridized carbons (Fsp3) is 0.400. The second-order valence-corrected chi connectivity index (χ2v) is 6.74. The van der Waals surface area contributed by atoms with E-state index in [1.165, 1.54) is 19.1 Å². The lowest BCUT2D eigenvalue weighted by molar-refractivity contribution is -0.147. The van der Waals surface area contributed by atoms with E-state index in [1.54, 1.807) is 0 Å². The van der Waals surface area contributed by atoms with Crippen LogP contribution in [0.1, 0.15) is 36.5 Å². The predicted molar refractivity (Wildman–Crippen MR) is 93.0 cm³/mol. The minimum atomic E-state index is -1.04. The lowest BCUT2D eigenvalue weighted by atomic mass is 9.85. The van der Waals surface area contributed by atoms with Gasteiger partial charge in [-0.3, -0.25) is 24.1 Å². The molecule has 1 aliphatic carbocycles. The number of rotatable bonds is 6. The molecule has 0 spiro atoms. The van der Waals surface area contributed by atoms with Gasteiger partial charge in [-0.05, 0) is 44.0 Å². The Morgan fingerprint density at radius 1 is 1.11 bits per heavy atom. The fourth-order valence-corrected chi connectivity index (χ4v) is 3.45. The molecule has 3 rings (SSSR count). The first-order chi connectivity index (χ1) is 12.9. The number of imide groups is 1. The summed E-state index contributed by atoms with van der Waals surface area (Å²) in [5.41, 5.74) is 0.234. The summed E-state index contributed by atoms with van der Waals surface area (Å²) in [6, 6.07) is 4.94. The lowest BCUT2D eigenvalue weighted by Crippen LogP contribution is -2.34. The average Bonchev–Trinajstić information content (AvgIpc) is 2.91. The van der Waals surface area contributed by atoms with E-state index in [0.29, 0.717) is 12.8 Å². The Hall–Kier alpha value is -2.83. The highest BCUT2D eigenvalue weighted by Crippen LogP contribution is 2.35. The summed E-state index contributed by atoms with van der Waals surface area (Å²) < 4.78 is 18.0. The maximum absolute atomic E-state index is 12.9. The van der Waals surface area contributed by atoms with Gasteiger partial charge in [0.15, 0.2) is 6.10 Å². The quantitative estimate of drug-likeness (QED) is 0.331. The van der Waals surface area contributed by atoms with Gasteiger partial charge in [0.25, 0.3) is 0 Å². The summed E-state index contributed by atoms with van der Waals surface area (Å²) in [5.74, 6) is -2.77. The van der Waals surface area contributed by atoms with Gasteiger partial charge >= 0.3 is 5.97 Å². The standard InChI is InChI=1S/C20H20FNO5/c1-12(18(24)13-6-8-14(21)9-7-13)27-17(23)10-11-22-19(25)15-4-2-3-5-16(15)20(22)26/h2-3,6-9,12,15-16H,4-5,10-11H2,1H3/t12-,15-,16-/m0/s1. The van der Waals surface area contributed by atoms with Crippen molar-refractivity contribution in [2.75, 3.05) is 6.54 Å². The van der Waals surface area contributed by atoms with Crippen molar-refractivity contribution in [3.63, 3.8) is 0 Å². The molecule has 1 aromatic carbocycles. The molecule has 0 N–H and O–H groups in total. The minimum absolute atomic E-state index is 0.0546. The number of ketones is 1. The number of carbonyl (C=O) groups is 4. The second kappa shape index (κ2) is 7.82. The fourth-order valence-electron chi connectivity index (χ4n) is 3.45. The molecule has 2 amide bonds. The van der Waals surface area contributed by atoms with Gasteiger partial charge in [-0.2, -0.15) is 0 Å². The van der Waals surface area contributed by atoms with E-state index in [1.807, 2.05) is 12.2 Å². The molecule has 1 saturated heterocycles. The normalized spacial score (nSPS) is 22.5. The number of allylic oxidation sites excluding steroid dienone is 2. The van der Waals surface area contributed by atoms with Crippen LogP contribution in [0, 0.1) is 17.7 Å². The van der Waals surface area contributed by atoms with Gasteiger partial charge in [-0.25, -0.2) is 4.39 Å². The summed E-state index contributed by atoms with van der Waals surface area (Å²) in [5, 5.41) is 0. The zero-order valence-electron chi connectivity index (χ0n) is 14.9. The van der Waals surface area contributed by atoms with E-state index in [2.05, 4.69) is 0 Å². The molecule has 6 nitrogen and oxygen atoms in total. The van der Waals surface area contributed by atoms with Gasteiger partial charge in [0.05, 0.1) is 18.3 Å². The smallest absolute Gasteiger partial charge is 0.308 e. The molecule has 0 unspecified atom stereocenters. The van der Waals surface area contributed by atoms with E-state index in [0.717, 1.165) is 17.0 Å². The van der Waals surface area contributed by atoms with Gasteiger partial charge in [0.1, 0.15) is 5.82 Å². The van der Waals surface area contributed by atoms with Crippen LogP contribution in [-0.2, 0) is 19.1 Å². The van der Waals surface area contributed by atoms with Crippen molar-refractivity contribution in [1.82, 2.24) is 4.90 Å². The van der Waals surface area contributed by atoms with Crippen LogP contribution in [0.25, 0.3) is 0 Å². The van der Waals surface area contributed by atoms with Gasteiger partial charge < -0.3 is 4.74 Å². The van der Waals surface area contributed by atoms with Crippen molar-refractivity contribution in [1.29, 1.82) is 0 Å². The van der Waals surface area contributed by atoms with Gasteiger partial charge in [0, 0.05) is 12.1 Å². The number of esters is 1. The maximum atomic E-state index is 12.9. The molecule has 1 aromatic rings. The topological polar surface area (TPSA) is 80.8 Å². The number of halogens is 1. The van der Waals surface area contributed by atoms with Crippen molar-refractivity contribution in [2.45, 2.75) is 32.3 Å². The van der Waals surface area contributed by atoms with Crippen molar-refractivity contribution in [2.24, 2.45) is 11.8 Å². The molecule has 0 radical (unpaired) electrons. The third kappa shape index (κ3) is 3.97. The first-order valence-corrected chi connectivity index (χ1v) is 8.88. The Morgan fingerprint density at radius 2 is 1.67 bits per heavy atom. The minimum Gasteiger partial charge on any atom is -0.454 e. The van der Waals surface area contributed by atoms with Crippen LogP contribution in [0.4, 0.5) is 4.39 Å². The van der Waals surface area contributed by atoms with E-state index < -0.39 is 23.7 Å². The van der Waals surface area contributed by atoms with Gasteiger partial charge in [-0.1, -0.05) is 12.2 Å². The molecule has 0 bridgehead atoms. The summed E-state index contributed by atoms with van der Waals surface area (Å²) in [6.07, 6.45) is 3.66. The SMILES string of the molecule is C[C@H](OC(=O)CCN1C(=O)[C@H]2CC=CC[C@@H]2C1=O)C(=O)c1ccc(F)cc1. The van der Waals surface area contributed by atoms with Crippen molar-refractivity contribution >= 4 is 23.6 Å². The predicted octanol–water partition coefficient (Wildman–Crippen LogP) is 2.28. The van der Waals surface area contributed by atoms with Gasteiger partial charge in [0.2, 0.25) is 17.6 Å². The van der Waals surface area contributed by atoms with Crippen molar-refractivity contribution in [3.8, 4) is 0 Å². The van der Waals surface area contributed by atoms with Crippen LogP contribution in [-0.4, -0.2) is 41.1 Å². The maximum Gasteiger partial charge on any atom is 0.308 e. The van der Waals surface area contributed by atoms with Crippen LogP contribution in [0.3, 0.4) is 0 Å². The molecule has 7 heteroatoms. The Kier molecular flexibility index (Phi) is 5.48. The number of hydrogen-bond donors (Lipinski definition) is 0. The van der Waals surface area contributed by atoms with Crippen molar-refractivity contribution < 1.29 is 28.3 Å². The monoisotopic (exact) mass is 373 g/mol. The van der Waals surface area contributed by atoms with Crippen LogP contribution >= 0.6 is 0 Å².